The number of aromatic nitrogens is 2. The molecule has 3 rings (SSSR count). The van der Waals surface area contributed by atoms with E-state index < -0.39 is 6.04 Å². The molecule has 0 bridgehead atoms. The second-order valence-corrected chi connectivity index (χ2v) is 5.34. The normalized spacial score (nSPS) is 11.8. The molecule has 2 aromatic carbocycles. The maximum Gasteiger partial charge on any atom is 0.258 e. The van der Waals surface area contributed by atoms with Crippen LogP contribution in [0.1, 0.15) is 11.6 Å². The van der Waals surface area contributed by atoms with Crippen LogP contribution in [0.15, 0.2) is 47.5 Å². The first kappa shape index (κ1) is 16.5. The van der Waals surface area contributed by atoms with Crippen LogP contribution in [0, 0.1) is 0 Å². The van der Waals surface area contributed by atoms with Crippen LogP contribution in [-0.2, 0) is 4.79 Å². The summed E-state index contributed by atoms with van der Waals surface area (Å²) >= 11 is 0. The first-order valence-electron chi connectivity index (χ1n) is 7.57. The standard InChI is InChI=1S/C18H17N3O4/c1-24-16-6-3-11(7-17(16)25-2)15(9-22)21-12-4-5-14-13(8-12)18(23)20-10-19-14/h3-10,15,21H,1-2H3,(H,19,20,23). The van der Waals surface area contributed by atoms with Crippen LogP contribution in [-0.4, -0.2) is 30.5 Å². The Bertz CT molecular complexity index is 968. The number of ether oxygens (including phenoxy) is 2. The van der Waals surface area contributed by atoms with Gasteiger partial charge >= 0.3 is 0 Å². The minimum absolute atomic E-state index is 0.234. The maximum absolute atomic E-state index is 11.9. The Balaban J connectivity index is 1.93. The molecule has 0 aliphatic carbocycles. The Morgan fingerprint density at radius 1 is 1.12 bits per heavy atom. The Morgan fingerprint density at radius 2 is 1.92 bits per heavy atom. The van der Waals surface area contributed by atoms with E-state index in [0.29, 0.717) is 33.7 Å². The van der Waals surface area contributed by atoms with Crippen molar-refractivity contribution in [1.29, 1.82) is 0 Å². The highest BCUT2D eigenvalue weighted by Crippen LogP contribution is 2.30. The van der Waals surface area contributed by atoms with Crippen molar-refractivity contribution in [2.24, 2.45) is 0 Å². The number of nitrogens with one attached hydrogen (secondary N) is 2. The summed E-state index contributed by atoms with van der Waals surface area (Å²) in [5.74, 6) is 1.12. The van der Waals surface area contributed by atoms with Gasteiger partial charge in [-0.25, -0.2) is 4.98 Å². The van der Waals surface area contributed by atoms with Gasteiger partial charge in [-0.2, -0.15) is 0 Å². The summed E-state index contributed by atoms with van der Waals surface area (Å²) in [6.45, 7) is 0. The quantitative estimate of drug-likeness (QED) is 0.669. The van der Waals surface area contributed by atoms with E-state index in [4.69, 9.17) is 9.47 Å². The fourth-order valence-corrected chi connectivity index (χ4v) is 2.58. The average molecular weight is 339 g/mol. The van der Waals surface area contributed by atoms with Crippen LogP contribution in [0.25, 0.3) is 10.9 Å². The first-order valence-corrected chi connectivity index (χ1v) is 7.57. The van der Waals surface area contributed by atoms with Gasteiger partial charge in [-0.15, -0.1) is 0 Å². The van der Waals surface area contributed by atoms with E-state index in [-0.39, 0.29) is 5.56 Å². The molecule has 0 amide bonds. The summed E-state index contributed by atoms with van der Waals surface area (Å²) in [5, 5.41) is 3.56. The van der Waals surface area contributed by atoms with Gasteiger partial charge < -0.3 is 24.6 Å². The van der Waals surface area contributed by atoms with Crippen molar-refractivity contribution in [2.45, 2.75) is 6.04 Å². The number of fused-ring (bicyclic) bond motifs is 1. The SMILES string of the molecule is COc1ccc(C(C=O)Nc2ccc3nc[nH]c(=O)c3c2)cc1OC. The lowest BCUT2D eigenvalue weighted by atomic mass is 10.1. The Morgan fingerprint density at radius 3 is 2.64 bits per heavy atom. The van der Waals surface area contributed by atoms with Crippen molar-refractivity contribution >= 4 is 22.9 Å². The largest absolute Gasteiger partial charge is 0.493 e. The smallest absolute Gasteiger partial charge is 0.258 e. The highest BCUT2D eigenvalue weighted by Gasteiger charge is 2.14. The average Bonchev–Trinajstić information content (AvgIpc) is 2.66. The molecule has 1 atom stereocenters. The summed E-state index contributed by atoms with van der Waals surface area (Å²) in [4.78, 5) is 30.1. The van der Waals surface area contributed by atoms with Crippen molar-refractivity contribution in [1.82, 2.24) is 9.97 Å². The minimum Gasteiger partial charge on any atom is -0.493 e. The second kappa shape index (κ2) is 7.04. The maximum atomic E-state index is 11.9. The fraction of sp³-hybridized carbons (Fsp3) is 0.167. The van der Waals surface area contributed by atoms with Crippen LogP contribution in [0.5, 0.6) is 11.5 Å². The molecule has 25 heavy (non-hydrogen) atoms. The van der Waals surface area contributed by atoms with Crippen molar-refractivity contribution in [3.63, 3.8) is 0 Å². The number of carbonyl (C=O) groups is 1. The van der Waals surface area contributed by atoms with E-state index in [2.05, 4.69) is 15.3 Å². The lowest BCUT2D eigenvalue weighted by Gasteiger charge is -2.17. The number of carbonyl (C=O) groups excluding carboxylic acids is 1. The van der Waals surface area contributed by atoms with Gasteiger partial charge in [-0.05, 0) is 35.9 Å². The third-order valence-electron chi connectivity index (χ3n) is 3.87. The van der Waals surface area contributed by atoms with Crippen molar-refractivity contribution < 1.29 is 14.3 Å². The predicted molar refractivity (Wildman–Crippen MR) is 94.3 cm³/mol. The van der Waals surface area contributed by atoms with E-state index >= 15 is 0 Å². The van der Waals surface area contributed by atoms with Crippen LogP contribution in [0.2, 0.25) is 0 Å². The Kier molecular flexibility index (Phi) is 4.65. The lowest BCUT2D eigenvalue weighted by Crippen LogP contribution is -2.13. The molecule has 3 aromatic rings. The van der Waals surface area contributed by atoms with E-state index in [0.717, 1.165) is 6.29 Å². The number of methoxy groups -OCH3 is 2. The number of benzene rings is 2. The molecule has 7 heteroatoms. The molecule has 0 saturated carbocycles. The van der Waals surface area contributed by atoms with Crippen molar-refractivity contribution in [3.8, 4) is 11.5 Å². The minimum atomic E-state index is -0.604. The number of aromatic amines is 1. The van der Waals surface area contributed by atoms with Crippen LogP contribution in [0.4, 0.5) is 5.69 Å². The van der Waals surface area contributed by atoms with E-state index in [1.54, 1.807) is 43.5 Å². The van der Waals surface area contributed by atoms with Gasteiger partial charge in [0.05, 0.1) is 31.4 Å². The zero-order valence-electron chi connectivity index (χ0n) is 13.8. The second-order valence-electron chi connectivity index (χ2n) is 5.34. The fourth-order valence-electron chi connectivity index (χ4n) is 2.58. The number of hydrogen-bond donors (Lipinski definition) is 2. The number of hydrogen-bond acceptors (Lipinski definition) is 6. The molecule has 0 radical (unpaired) electrons. The first-order chi connectivity index (χ1) is 12.2. The van der Waals surface area contributed by atoms with Gasteiger partial charge in [-0.3, -0.25) is 4.79 Å². The van der Waals surface area contributed by atoms with Crippen LogP contribution < -0.4 is 20.3 Å². The molecular weight excluding hydrogens is 322 g/mol. The highest BCUT2D eigenvalue weighted by atomic mass is 16.5. The van der Waals surface area contributed by atoms with Crippen LogP contribution >= 0.6 is 0 Å². The van der Waals surface area contributed by atoms with Crippen molar-refractivity contribution in [2.75, 3.05) is 19.5 Å². The summed E-state index contributed by atoms with van der Waals surface area (Å²) in [5.41, 5.74) is 1.70. The topological polar surface area (TPSA) is 93.3 Å². The molecule has 7 nitrogen and oxygen atoms in total. The third-order valence-corrected chi connectivity index (χ3v) is 3.87. The summed E-state index contributed by atoms with van der Waals surface area (Å²) in [6, 6.07) is 9.81. The molecule has 0 saturated heterocycles. The van der Waals surface area contributed by atoms with Gasteiger partial charge in [0.1, 0.15) is 12.3 Å². The van der Waals surface area contributed by atoms with Gasteiger partial charge in [0.2, 0.25) is 0 Å². The van der Waals surface area contributed by atoms with Gasteiger partial charge in [0.25, 0.3) is 5.56 Å². The Hall–Kier alpha value is -3.35. The van der Waals surface area contributed by atoms with E-state index in [1.807, 2.05) is 0 Å². The summed E-state index contributed by atoms with van der Waals surface area (Å²) in [6.07, 6.45) is 2.15. The lowest BCUT2D eigenvalue weighted by molar-refractivity contribution is -0.108. The van der Waals surface area contributed by atoms with Gasteiger partial charge in [0, 0.05) is 5.69 Å². The zero-order chi connectivity index (χ0) is 17.8. The van der Waals surface area contributed by atoms with Gasteiger partial charge in [-0.1, -0.05) is 6.07 Å². The van der Waals surface area contributed by atoms with E-state index in [9.17, 15) is 9.59 Å². The third kappa shape index (κ3) is 3.30. The molecule has 0 aliphatic heterocycles. The number of rotatable bonds is 6. The molecule has 1 heterocycles. The molecule has 1 aromatic heterocycles. The molecular formula is C18H17N3O4. The van der Waals surface area contributed by atoms with Gasteiger partial charge in [0.15, 0.2) is 11.5 Å². The highest BCUT2D eigenvalue weighted by molar-refractivity contribution is 5.82. The predicted octanol–water partition coefficient (Wildman–Crippen LogP) is 2.29. The zero-order valence-corrected chi connectivity index (χ0v) is 13.8. The summed E-state index contributed by atoms with van der Waals surface area (Å²) < 4.78 is 10.5. The molecule has 0 fully saturated rings. The number of nitrogens with zero attached hydrogens (tertiary/aromatic N) is 1. The molecule has 1 unspecified atom stereocenters. The summed E-state index contributed by atoms with van der Waals surface area (Å²) in [7, 11) is 3.08. The number of anilines is 1. The molecule has 128 valence electrons. The molecule has 0 spiro atoms. The van der Waals surface area contributed by atoms with Crippen molar-refractivity contribution in [3.05, 3.63) is 58.6 Å². The molecule has 0 aliphatic rings. The Labute approximate surface area is 143 Å². The van der Waals surface area contributed by atoms with E-state index in [1.165, 1.54) is 13.4 Å². The number of aldehydes is 1. The molecule has 2 N–H and O–H groups in total. The van der Waals surface area contributed by atoms with Crippen LogP contribution in [0.3, 0.4) is 0 Å². The number of H-pyrrole nitrogens is 1. The monoisotopic (exact) mass is 339 g/mol.